The maximum absolute atomic E-state index is 6.10. The Hall–Kier alpha value is -0.180. The van der Waals surface area contributed by atoms with Crippen LogP contribution in [0.1, 0.15) is 12.5 Å². The molecular weight excluding hydrogens is 202 g/mol. The first-order valence-electron chi connectivity index (χ1n) is 4.33. The van der Waals surface area contributed by atoms with E-state index in [-0.39, 0.29) is 0 Å². The van der Waals surface area contributed by atoms with Crippen molar-refractivity contribution in [3.63, 3.8) is 0 Å². The maximum Gasteiger partial charge on any atom is 0.0545 e. The van der Waals surface area contributed by atoms with Gasteiger partial charge in [0.25, 0.3) is 0 Å². The zero-order valence-electron chi connectivity index (χ0n) is 7.93. The summed E-state index contributed by atoms with van der Waals surface area (Å²) < 4.78 is 0. The lowest BCUT2D eigenvalue weighted by molar-refractivity contribution is 0.817. The zero-order valence-corrected chi connectivity index (χ0v) is 9.50. The third kappa shape index (κ3) is 3.22. The molecule has 0 bridgehead atoms. The van der Waals surface area contributed by atoms with Crippen molar-refractivity contribution in [3.05, 3.63) is 28.8 Å². The highest BCUT2D eigenvalue weighted by Crippen LogP contribution is 2.27. The van der Waals surface area contributed by atoms with Gasteiger partial charge in [-0.05, 0) is 30.5 Å². The van der Waals surface area contributed by atoms with Crippen LogP contribution in [0.15, 0.2) is 23.1 Å². The summed E-state index contributed by atoms with van der Waals surface area (Å²) in [5.74, 6) is 1.06. The van der Waals surface area contributed by atoms with E-state index in [1.54, 1.807) is 11.8 Å². The van der Waals surface area contributed by atoms with E-state index in [9.17, 15) is 0 Å². The summed E-state index contributed by atoms with van der Waals surface area (Å²) in [5.41, 5.74) is 1.23. The van der Waals surface area contributed by atoms with Gasteiger partial charge in [-0.3, -0.25) is 0 Å². The molecule has 72 valence electrons. The summed E-state index contributed by atoms with van der Waals surface area (Å²) in [6, 6.07) is 6.22. The van der Waals surface area contributed by atoms with E-state index in [4.69, 9.17) is 11.6 Å². The Morgan fingerprint density at radius 1 is 1.46 bits per heavy atom. The van der Waals surface area contributed by atoms with Crippen LogP contribution in [0.25, 0.3) is 0 Å². The highest BCUT2D eigenvalue weighted by Gasteiger charge is 2.00. The van der Waals surface area contributed by atoms with Gasteiger partial charge in [0.2, 0.25) is 0 Å². The predicted octanol–water partition coefficient (Wildman–Crippen LogP) is 3.17. The molecule has 0 aliphatic carbocycles. The lowest BCUT2D eigenvalue weighted by Crippen LogP contribution is -2.04. The second-order valence-electron chi connectivity index (χ2n) is 2.73. The number of nitrogens with one attached hydrogen (secondary N) is 1. The van der Waals surface area contributed by atoms with Gasteiger partial charge < -0.3 is 5.32 Å². The Labute approximate surface area is 88.9 Å². The number of thioether (sulfide) groups is 1. The third-order valence-corrected chi connectivity index (χ3v) is 3.06. The van der Waals surface area contributed by atoms with Gasteiger partial charge in [0.15, 0.2) is 0 Å². The minimum absolute atomic E-state index is 0.861. The van der Waals surface area contributed by atoms with Crippen LogP contribution in [0.4, 0.5) is 0 Å². The van der Waals surface area contributed by atoms with Gasteiger partial charge in [0, 0.05) is 11.4 Å². The highest BCUT2D eigenvalue weighted by molar-refractivity contribution is 7.99. The normalized spacial score (nSPS) is 10.4. The lowest BCUT2D eigenvalue weighted by atomic mass is 10.2. The molecule has 1 nitrogen and oxygen atoms in total. The molecule has 1 aromatic rings. The van der Waals surface area contributed by atoms with E-state index in [1.165, 1.54) is 10.5 Å². The van der Waals surface area contributed by atoms with Gasteiger partial charge in [-0.1, -0.05) is 24.6 Å². The largest absolute Gasteiger partial charge is 0.316 e. The van der Waals surface area contributed by atoms with Crippen molar-refractivity contribution < 1.29 is 0 Å². The smallest absolute Gasteiger partial charge is 0.0545 e. The number of hydrogen-bond acceptors (Lipinski definition) is 2. The van der Waals surface area contributed by atoms with Crippen molar-refractivity contribution in [2.75, 3.05) is 12.8 Å². The first-order chi connectivity index (χ1) is 6.27. The van der Waals surface area contributed by atoms with Crippen LogP contribution >= 0.6 is 23.4 Å². The maximum atomic E-state index is 6.10. The van der Waals surface area contributed by atoms with Gasteiger partial charge in [-0.2, -0.15) is 0 Å². The lowest BCUT2D eigenvalue weighted by Gasteiger charge is -2.05. The Kier molecular flexibility index (Phi) is 4.64. The van der Waals surface area contributed by atoms with E-state index in [2.05, 4.69) is 24.4 Å². The summed E-state index contributed by atoms with van der Waals surface area (Å²) in [5, 5.41) is 3.96. The van der Waals surface area contributed by atoms with Crippen LogP contribution in [-0.4, -0.2) is 12.8 Å². The van der Waals surface area contributed by atoms with Crippen LogP contribution in [0.5, 0.6) is 0 Å². The topological polar surface area (TPSA) is 12.0 Å². The monoisotopic (exact) mass is 215 g/mol. The molecular formula is C10H14ClNS. The second kappa shape index (κ2) is 5.53. The third-order valence-electron chi connectivity index (χ3n) is 1.68. The average Bonchev–Trinajstić information content (AvgIpc) is 2.10. The predicted molar refractivity (Wildman–Crippen MR) is 60.6 cm³/mol. The average molecular weight is 216 g/mol. The van der Waals surface area contributed by atoms with Gasteiger partial charge in [0.1, 0.15) is 0 Å². The fourth-order valence-corrected chi connectivity index (χ4v) is 2.17. The van der Waals surface area contributed by atoms with Crippen molar-refractivity contribution in [2.45, 2.75) is 18.4 Å². The minimum atomic E-state index is 0.861. The summed E-state index contributed by atoms with van der Waals surface area (Å²) >= 11 is 7.87. The summed E-state index contributed by atoms with van der Waals surface area (Å²) in [4.78, 5) is 1.17. The van der Waals surface area contributed by atoms with Crippen molar-refractivity contribution in [1.29, 1.82) is 0 Å². The van der Waals surface area contributed by atoms with Gasteiger partial charge in [-0.25, -0.2) is 0 Å². The molecule has 0 saturated carbocycles. The van der Waals surface area contributed by atoms with E-state index < -0.39 is 0 Å². The van der Waals surface area contributed by atoms with E-state index in [0.717, 1.165) is 17.3 Å². The van der Waals surface area contributed by atoms with Gasteiger partial charge >= 0.3 is 0 Å². The first-order valence-corrected chi connectivity index (χ1v) is 5.70. The Bertz CT molecular complexity index is 276. The van der Waals surface area contributed by atoms with Crippen molar-refractivity contribution >= 4 is 23.4 Å². The molecule has 0 aromatic heterocycles. The van der Waals surface area contributed by atoms with Crippen molar-refractivity contribution in [3.8, 4) is 0 Å². The highest BCUT2D eigenvalue weighted by atomic mass is 35.5. The quantitative estimate of drug-likeness (QED) is 0.775. The standard InChI is InChI=1S/C10H14ClNS/c1-3-13-10-5-4-8(7-12-2)6-9(10)11/h4-6,12H,3,7H2,1-2H3. The summed E-state index contributed by atoms with van der Waals surface area (Å²) in [6.45, 7) is 3.00. The first kappa shape index (κ1) is 10.9. The number of rotatable bonds is 4. The minimum Gasteiger partial charge on any atom is -0.316 e. The molecule has 1 aromatic carbocycles. The summed E-state index contributed by atoms with van der Waals surface area (Å²) in [6.07, 6.45) is 0. The molecule has 0 heterocycles. The Balaban J connectivity index is 2.79. The Morgan fingerprint density at radius 2 is 2.23 bits per heavy atom. The van der Waals surface area contributed by atoms with Crippen LogP contribution in [0.3, 0.4) is 0 Å². The molecule has 0 amide bonds. The molecule has 0 aliphatic heterocycles. The fraction of sp³-hybridized carbons (Fsp3) is 0.400. The van der Waals surface area contributed by atoms with Crippen LogP contribution in [-0.2, 0) is 6.54 Å². The van der Waals surface area contributed by atoms with Gasteiger partial charge in [-0.15, -0.1) is 11.8 Å². The molecule has 1 rings (SSSR count). The molecule has 0 radical (unpaired) electrons. The Morgan fingerprint density at radius 3 is 2.77 bits per heavy atom. The molecule has 1 N–H and O–H groups in total. The van der Waals surface area contributed by atoms with E-state index >= 15 is 0 Å². The fourth-order valence-electron chi connectivity index (χ4n) is 1.13. The van der Waals surface area contributed by atoms with E-state index in [0.29, 0.717) is 0 Å². The SMILES string of the molecule is CCSc1ccc(CNC)cc1Cl. The molecule has 0 unspecified atom stereocenters. The number of halogens is 1. The molecule has 0 spiro atoms. The number of benzene rings is 1. The molecule has 3 heteroatoms. The molecule has 0 aliphatic rings. The van der Waals surface area contributed by atoms with Crippen molar-refractivity contribution in [2.24, 2.45) is 0 Å². The number of hydrogen-bond donors (Lipinski definition) is 1. The molecule has 13 heavy (non-hydrogen) atoms. The van der Waals surface area contributed by atoms with Crippen molar-refractivity contribution in [1.82, 2.24) is 5.32 Å². The van der Waals surface area contributed by atoms with Crippen LogP contribution < -0.4 is 5.32 Å². The molecule has 0 atom stereocenters. The molecule has 0 fully saturated rings. The van der Waals surface area contributed by atoms with Crippen LogP contribution in [0.2, 0.25) is 5.02 Å². The van der Waals surface area contributed by atoms with E-state index in [1.807, 2.05) is 13.1 Å². The second-order valence-corrected chi connectivity index (χ2v) is 4.44. The summed E-state index contributed by atoms with van der Waals surface area (Å²) in [7, 11) is 1.93. The van der Waals surface area contributed by atoms with Crippen LogP contribution in [0, 0.1) is 0 Å². The molecule has 0 saturated heterocycles. The van der Waals surface area contributed by atoms with Gasteiger partial charge in [0.05, 0.1) is 5.02 Å². The zero-order chi connectivity index (χ0) is 9.68.